The second kappa shape index (κ2) is 13.7. The molecule has 4 rings (SSSR count). The van der Waals surface area contributed by atoms with Gasteiger partial charge in [-0.15, -0.1) is 0 Å². The lowest BCUT2D eigenvalue weighted by Crippen LogP contribution is -2.37. The van der Waals surface area contributed by atoms with E-state index in [0.717, 1.165) is 11.1 Å². The number of aromatic nitrogens is 6. The summed E-state index contributed by atoms with van der Waals surface area (Å²) in [5, 5.41) is 31.0. The molecule has 4 aromatic rings. The van der Waals surface area contributed by atoms with E-state index < -0.39 is 12.2 Å². The molecular weight excluding hydrogens is 547 g/mol. The zero-order valence-corrected chi connectivity index (χ0v) is 25.5. The molecule has 0 aliphatic heterocycles. The Morgan fingerprint density at radius 1 is 0.625 bits per heavy atom. The number of nitrogens with zero attached hydrogens (tertiary/aromatic N) is 6. The van der Waals surface area contributed by atoms with Gasteiger partial charge in [-0.2, -0.15) is 10.2 Å². The molecule has 216 valence electrons. The molecule has 0 saturated carbocycles. The molecule has 40 heavy (non-hydrogen) atoms. The maximum Gasteiger partial charge on any atom is 0.137 e. The minimum absolute atomic E-state index is 0.154. The van der Waals surface area contributed by atoms with Crippen LogP contribution in [-0.2, 0) is 12.8 Å². The monoisotopic (exact) mass is 586 g/mol. The number of hydrogen-bond acceptors (Lipinski definition) is 6. The minimum atomic E-state index is -0.528. The van der Waals surface area contributed by atoms with Gasteiger partial charge in [-0.3, -0.25) is 0 Å². The molecule has 2 heterocycles. The molecular formula is C30H40Cl2N6O2. The normalized spacial score (nSPS) is 15.1. The molecule has 0 aliphatic rings. The van der Waals surface area contributed by atoms with Crippen molar-refractivity contribution in [2.75, 3.05) is 0 Å². The van der Waals surface area contributed by atoms with Crippen molar-refractivity contribution in [2.45, 2.75) is 78.7 Å². The van der Waals surface area contributed by atoms with Crippen LogP contribution in [0.1, 0.15) is 64.8 Å². The van der Waals surface area contributed by atoms with E-state index in [0.29, 0.717) is 22.9 Å². The van der Waals surface area contributed by atoms with E-state index in [9.17, 15) is 10.2 Å². The van der Waals surface area contributed by atoms with Crippen molar-refractivity contribution in [3.8, 4) is 0 Å². The summed E-state index contributed by atoms with van der Waals surface area (Å²) in [6, 6.07) is 15.0. The van der Waals surface area contributed by atoms with Gasteiger partial charge in [-0.1, -0.05) is 89.0 Å². The van der Waals surface area contributed by atoms with E-state index in [4.69, 9.17) is 23.2 Å². The summed E-state index contributed by atoms with van der Waals surface area (Å²) in [5.74, 6) is 0. The minimum Gasteiger partial charge on any atom is -0.390 e. The first kappa shape index (κ1) is 31.7. The SMILES string of the molecule is CC(C)(C)[C@H](O)[C@H](Cc1ccc(Cl)cc1)n1cncn1.CC(C)(C)[C@H](O)[C@H](Cc1ccc(Cl)cc1)n1cncn1. The van der Waals surface area contributed by atoms with Crippen LogP contribution in [-0.4, -0.2) is 51.9 Å². The van der Waals surface area contributed by atoms with Crippen LogP contribution in [0.5, 0.6) is 0 Å². The van der Waals surface area contributed by atoms with Crippen molar-refractivity contribution >= 4 is 23.2 Å². The summed E-state index contributed by atoms with van der Waals surface area (Å²) in [4.78, 5) is 7.97. The predicted molar refractivity (Wildman–Crippen MR) is 159 cm³/mol. The highest BCUT2D eigenvalue weighted by molar-refractivity contribution is 6.30. The predicted octanol–water partition coefficient (Wildman–Crippen LogP) is 6.24. The van der Waals surface area contributed by atoms with Gasteiger partial charge in [0.2, 0.25) is 0 Å². The Morgan fingerprint density at radius 3 is 1.20 bits per heavy atom. The lowest BCUT2D eigenvalue weighted by Gasteiger charge is -2.33. The van der Waals surface area contributed by atoms with E-state index in [1.54, 1.807) is 22.0 Å². The summed E-state index contributed by atoms with van der Waals surface area (Å²) in [6.07, 6.45) is 6.58. The zero-order valence-electron chi connectivity index (χ0n) is 24.0. The fourth-order valence-corrected chi connectivity index (χ4v) is 4.61. The number of halogens is 2. The largest absolute Gasteiger partial charge is 0.390 e. The van der Waals surface area contributed by atoms with E-state index >= 15 is 0 Å². The van der Waals surface area contributed by atoms with Gasteiger partial charge in [-0.25, -0.2) is 19.3 Å². The zero-order chi connectivity index (χ0) is 29.5. The highest BCUT2D eigenvalue weighted by Crippen LogP contribution is 2.31. The van der Waals surface area contributed by atoms with Crippen molar-refractivity contribution in [2.24, 2.45) is 10.8 Å². The van der Waals surface area contributed by atoms with E-state index in [1.807, 2.05) is 90.1 Å². The molecule has 2 aromatic heterocycles. The molecule has 0 saturated heterocycles. The van der Waals surface area contributed by atoms with Crippen LogP contribution >= 0.6 is 23.2 Å². The molecule has 4 atom stereocenters. The quantitative estimate of drug-likeness (QED) is 0.253. The van der Waals surface area contributed by atoms with Gasteiger partial charge in [0.05, 0.1) is 24.3 Å². The third-order valence-electron chi connectivity index (χ3n) is 6.77. The Hall–Kier alpha value is -2.78. The standard InChI is InChI=1S/2C15H20ClN3O/c2*1-15(2,3)14(20)13(19-10-17-9-18-19)8-11-4-6-12(16)7-5-11/h2*4-7,9-10,13-14,20H,8H2,1-3H3/t2*13-,14+/m00/s1. The first-order valence-corrected chi connectivity index (χ1v) is 14.0. The van der Waals surface area contributed by atoms with Gasteiger partial charge >= 0.3 is 0 Å². The molecule has 2 N–H and O–H groups in total. The van der Waals surface area contributed by atoms with Crippen LogP contribution < -0.4 is 0 Å². The number of benzene rings is 2. The van der Waals surface area contributed by atoms with Gasteiger partial charge < -0.3 is 10.2 Å². The van der Waals surface area contributed by atoms with E-state index in [1.165, 1.54) is 12.7 Å². The Kier molecular flexibility index (Phi) is 10.9. The van der Waals surface area contributed by atoms with Crippen LogP contribution in [0.15, 0.2) is 73.8 Å². The fraction of sp³-hybridized carbons (Fsp3) is 0.467. The van der Waals surface area contributed by atoms with Crippen LogP contribution in [0.3, 0.4) is 0 Å². The number of rotatable bonds is 8. The molecule has 10 heteroatoms. The topological polar surface area (TPSA) is 102 Å². The maximum atomic E-state index is 10.6. The summed E-state index contributed by atoms with van der Waals surface area (Å²) < 4.78 is 3.45. The Balaban J connectivity index is 0.000000220. The number of hydrogen-bond donors (Lipinski definition) is 2. The fourth-order valence-electron chi connectivity index (χ4n) is 4.36. The lowest BCUT2D eigenvalue weighted by molar-refractivity contribution is 0.0124. The van der Waals surface area contributed by atoms with Gasteiger partial charge in [0, 0.05) is 10.0 Å². The lowest BCUT2D eigenvalue weighted by atomic mass is 9.82. The van der Waals surface area contributed by atoms with Crippen molar-refractivity contribution in [3.05, 3.63) is 95.0 Å². The molecule has 0 fully saturated rings. The molecule has 0 unspecified atom stereocenters. The summed E-state index contributed by atoms with van der Waals surface area (Å²) >= 11 is 11.8. The summed E-state index contributed by atoms with van der Waals surface area (Å²) in [5.41, 5.74) is 1.75. The summed E-state index contributed by atoms with van der Waals surface area (Å²) in [6.45, 7) is 12.1. The second-order valence-corrected chi connectivity index (χ2v) is 13.0. The van der Waals surface area contributed by atoms with E-state index in [2.05, 4.69) is 20.2 Å². The average molecular weight is 588 g/mol. The van der Waals surface area contributed by atoms with Gasteiger partial charge in [-0.05, 0) is 59.1 Å². The molecule has 0 bridgehead atoms. The van der Waals surface area contributed by atoms with Crippen LogP contribution in [0.4, 0.5) is 0 Å². The van der Waals surface area contributed by atoms with Crippen molar-refractivity contribution in [1.29, 1.82) is 0 Å². The third-order valence-corrected chi connectivity index (χ3v) is 7.28. The molecule has 0 spiro atoms. The van der Waals surface area contributed by atoms with Crippen LogP contribution in [0, 0.1) is 10.8 Å². The highest BCUT2D eigenvalue weighted by atomic mass is 35.5. The van der Waals surface area contributed by atoms with Crippen LogP contribution in [0.2, 0.25) is 10.0 Å². The smallest absolute Gasteiger partial charge is 0.137 e. The number of aliphatic hydroxyl groups excluding tert-OH is 2. The third kappa shape index (κ3) is 9.13. The highest BCUT2D eigenvalue weighted by Gasteiger charge is 2.33. The molecule has 2 aromatic carbocycles. The summed E-state index contributed by atoms with van der Waals surface area (Å²) in [7, 11) is 0. The maximum absolute atomic E-state index is 10.6. The van der Waals surface area contributed by atoms with Crippen LogP contribution in [0.25, 0.3) is 0 Å². The van der Waals surface area contributed by atoms with Gasteiger partial charge in [0.1, 0.15) is 25.3 Å². The van der Waals surface area contributed by atoms with Crippen molar-refractivity contribution in [3.63, 3.8) is 0 Å². The molecule has 0 amide bonds. The van der Waals surface area contributed by atoms with Crippen molar-refractivity contribution in [1.82, 2.24) is 29.5 Å². The van der Waals surface area contributed by atoms with E-state index in [-0.39, 0.29) is 22.9 Å². The molecule has 0 aliphatic carbocycles. The molecule has 8 nitrogen and oxygen atoms in total. The molecule has 0 radical (unpaired) electrons. The van der Waals surface area contributed by atoms with Gasteiger partial charge in [0.25, 0.3) is 0 Å². The first-order chi connectivity index (χ1) is 18.8. The first-order valence-electron chi connectivity index (χ1n) is 13.3. The Labute approximate surface area is 247 Å². The second-order valence-electron chi connectivity index (χ2n) is 12.2. The number of aliphatic hydroxyl groups is 2. The Bertz CT molecular complexity index is 1160. The van der Waals surface area contributed by atoms with Crippen molar-refractivity contribution < 1.29 is 10.2 Å². The van der Waals surface area contributed by atoms with Gasteiger partial charge in [0.15, 0.2) is 0 Å². The Morgan fingerprint density at radius 2 is 0.950 bits per heavy atom. The average Bonchev–Trinajstić information content (AvgIpc) is 3.62.